The number of fused-ring (bicyclic) bond motifs is 1. The molecule has 0 radical (unpaired) electrons. The van der Waals surface area contributed by atoms with Gasteiger partial charge in [0.25, 0.3) is 0 Å². The van der Waals surface area contributed by atoms with Gasteiger partial charge >= 0.3 is 0 Å². The Kier molecular flexibility index (Phi) is 7.92. The van der Waals surface area contributed by atoms with Crippen molar-refractivity contribution >= 4 is 17.0 Å². The lowest BCUT2D eigenvalue weighted by atomic mass is 10.1. The predicted molar refractivity (Wildman–Crippen MR) is 156 cm³/mol. The molecule has 8 nitrogen and oxygen atoms in total. The maximum absolute atomic E-state index is 9.35. The number of nitrogens with zero attached hydrogens (tertiary/aromatic N) is 6. The van der Waals surface area contributed by atoms with E-state index in [1.165, 1.54) is 5.56 Å². The second-order valence-corrected chi connectivity index (χ2v) is 9.13. The fraction of sp³-hybridized carbons (Fsp3) is 0.226. The van der Waals surface area contributed by atoms with Gasteiger partial charge in [-0.2, -0.15) is 5.26 Å². The number of imidazole rings is 1. The molecule has 8 heteroatoms. The molecular weight excluding hydrogens is 484 g/mol. The number of piperazine rings is 1. The van der Waals surface area contributed by atoms with Gasteiger partial charge in [0.2, 0.25) is 0 Å². The second-order valence-electron chi connectivity index (χ2n) is 9.13. The van der Waals surface area contributed by atoms with Crippen LogP contribution in [-0.4, -0.2) is 50.6 Å². The summed E-state index contributed by atoms with van der Waals surface area (Å²) in [5.41, 5.74) is 12.9. The van der Waals surface area contributed by atoms with Crippen molar-refractivity contribution in [3.05, 3.63) is 90.1 Å². The summed E-state index contributed by atoms with van der Waals surface area (Å²) in [6, 6.07) is 25.9. The number of hydrogen-bond donors (Lipinski definition) is 2. The smallest absolute Gasteiger partial charge is 0.165 e. The van der Waals surface area contributed by atoms with Gasteiger partial charge in [0.05, 0.1) is 22.9 Å². The molecule has 39 heavy (non-hydrogen) atoms. The van der Waals surface area contributed by atoms with Gasteiger partial charge in [0, 0.05) is 50.2 Å². The van der Waals surface area contributed by atoms with Crippen molar-refractivity contribution in [3.63, 3.8) is 0 Å². The summed E-state index contributed by atoms with van der Waals surface area (Å²) in [6.45, 7) is 9.09. The largest absolute Gasteiger partial charge is 0.383 e. The van der Waals surface area contributed by atoms with Crippen LogP contribution in [0.15, 0.2) is 79.0 Å². The third kappa shape index (κ3) is 5.50. The summed E-state index contributed by atoms with van der Waals surface area (Å²) in [5, 5.41) is 12.8. The Morgan fingerprint density at radius 1 is 0.949 bits per heavy atom. The molecule has 0 bridgehead atoms. The molecule has 0 atom stereocenters. The minimum absolute atomic E-state index is 0.413. The Balaban J connectivity index is 0.00000151. The number of aromatic nitrogens is 4. The van der Waals surface area contributed by atoms with E-state index in [1.54, 1.807) is 12.3 Å². The van der Waals surface area contributed by atoms with E-state index in [-0.39, 0.29) is 0 Å². The fourth-order valence-electron chi connectivity index (χ4n) is 4.78. The molecule has 1 aliphatic heterocycles. The number of nitrogen functional groups attached to an aromatic ring is 1. The van der Waals surface area contributed by atoms with Crippen molar-refractivity contribution in [1.82, 2.24) is 29.7 Å². The SMILES string of the molecule is CC.N#Cc1cccc(-c2ccc3nc(-c4cccnc4N)n(-c4ccc(CN5CCNCC5)cc4)c3n2)c1. The third-order valence-electron chi connectivity index (χ3n) is 6.68. The molecule has 0 spiro atoms. The molecule has 6 rings (SSSR count). The van der Waals surface area contributed by atoms with Crippen LogP contribution >= 0.6 is 0 Å². The molecule has 0 saturated carbocycles. The lowest BCUT2D eigenvalue weighted by Gasteiger charge is -2.27. The molecular formula is C31H32N8. The van der Waals surface area contributed by atoms with Crippen molar-refractivity contribution in [2.75, 3.05) is 31.9 Å². The molecule has 2 aromatic carbocycles. The first kappa shape index (κ1) is 26.0. The summed E-state index contributed by atoms with van der Waals surface area (Å²) < 4.78 is 2.04. The summed E-state index contributed by atoms with van der Waals surface area (Å²) in [7, 11) is 0. The third-order valence-corrected chi connectivity index (χ3v) is 6.68. The highest BCUT2D eigenvalue weighted by Gasteiger charge is 2.19. The van der Waals surface area contributed by atoms with Crippen LogP contribution in [-0.2, 0) is 6.54 Å². The first-order chi connectivity index (χ1) is 19.2. The number of rotatable bonds is 5. The van der Waals surface area contributed by atoms with E-state index in [1.807, 2.05) is 60.9 Å². The van der Waals surface area contributed by atoms with Crippen LogP contribution in [0.1, 0.15) is 25.0 Å². The van der Waals surface area contributed by atoms with E-state index in [2.05, 4.69) is 45.5 Å². The first-order valence-corrected chi connectivity index (χ1v) is 13.3. The van der Waals surface area contributed by atoms with E-state index in [0.717, 1.165) is 60.7 Å². The molecule has 3 N–H and O–H groups in total. The minimum atomic E-state index is 0.413. The zero-order valence-corrected chi connectivity index (χ0v) is 22.3. The van der Waals surface area contributed by atoms with Crippen molar-refractivity contribution in [1.29, 1.82) is 5.26 Å². The second kappa shape index (κ2) is 11.9. The van der Waals surface area contributed by atoms with Gasteiger partial charge in [-0.1, -0.05) is 38.1 Å². The molecule has 4 heterocycles. The van der Waals surface area contributed by atoms with Crippen molar-refractivity contribution in [3.8, 4) is 34.4 Å². The van der Waals surface area contributed by atoms with Gasteiger partial charge in [-0.15, -0.1) is 0 Å². The van der Waals surface area contributed by atoms with Crippen LogP contribution in [0.5, 0.6) is 0 Å². The number of nitrogens with one attached hydrogen (secondary N) is 1. The highest BCUT2D eigenvalue weighted by Crippen LogP contribution is 2.32. The van der Waals surface area contributed by atoms with Crippen LogP contribution in [0.25, 0.3) is 39.5 Å². The van der Waals surface area contributed by atoms with E-state index in [9.17, 15) is 5.26 Å². The van der Waals surface area contributed by atoms with Crippen LogP contribution in [0.2, 0.25) is 0 Å². The van der Waals surface area contributed by atoms with Crippen molar-refractivity contribution in [2.24, 2.45) is 0 Å². The topological polar surface area (TPSA) is 109 Å². The molecule has 1 fully saturated rings. The zero-order chi connectivity index (χ0) is 27.2. The Labute approximate surface area is 228 Å². The van der Waals surface area contributed by atoms with E-state index in [4.69, 9.17) is 15.7 Å². The highest BCUT2D eigenvalue weighted by molar-refractivity contribution is 5.84. The molecule has 196 valence electrons. The number of benzene rings is 2. The number of anilines is 1. The van der Waals surface area contributed by atoms with Crippen molar-refractivity contribution in [2.45, 2.75) is 20.4 Å². The standard InChI is InChI=1S/C29H26N8.C2H6/c30-18-21-3-1-4-22(17-21)25-10-11-26-29(34-25)37(28(35-26)24-5-2-12-33-27(24)31)23-8-6-20(7-9-23)19-36-15-13-32-14-16-36;1-2/h1-12,17,32H,13-16,19H2,(H2,31,33);1-2H3. The first-order valence-electron chi connectivity index (χ1n) is 13.3. The average molecular weight is 517 g/mol. The number of nitriles is 1. The maximum Gasteiger partial charge on any atom is 0.165 e. The van der Waals surface area contributed by atoms with Crippen LogP contribution in [0, 0.1) is 11.3 Å². The Morgan fingerprint density at radius 2 is 1.74 bits per heavy atom. The minimum Gasteiger partial charge on any atom is -0.383 e. The fourth-order valence-corrected chi connectivity index (χ4v) is 4.78. The van der Waals surface area contributed by atoms with Crippen LogP contribution < -0.4 is 11.1 Å². The van der Waals surface area contributed by atoms with Gasteiger partial charge in [-0.05, 0) is 54.1 Å². The Bertz CT molecular complexity index is 1610. The molecule has 1 aliphatic rings. The summed E-state index contributed by atoms with van der Waals surface area (Å²) in [5.74, 6) is 1.10. The molecule has 0 unspecified atom stereocenters. The molecule has 5 aromatic rings. The Hall–Kier alpha value is -4.58. The Morgan fingerprint density at radius 3 is 2.49 bits per heavy atom. The van der Waals surface area contributed by atoms with Gasteiger partial charge < -0.3 is 11.1 Å². The zero-order valence-electron chi connectivity index (χ0n) is 22.3. The van der Waals surface area contributed by atoms with Crippen LogP contribution in [0.4, 0.5) is 5.82 Å². The summed E-state index contributed by atoms with van der Waals surface area (Å²) in [4.78, 5) is 16.7. The number of hydrogen-bond acceptors (Lipinski definition) is 7. The van der Waals surface area contributed by atoms with Crippen LogP contribution in [0.3, 0.4) is 0 Å². The molecule has 0 aliphatic carbocycles. The molecule has 3 aromatic heterocycles. The summed E-state index contributed by atoms with van der Waals surface area (Å²) >= 11 is 0. The van der Waals surface area contributed by atoms with E-state index in [0.29, 0.717) is 22.9 Å². The van der Waals surface area contributed by atoms with E-state index < -0.39 is 0 Å². The number of pyridine rings is 2. The highest BCUT2D eigenvalue weighted by atomic mass is 15.2. The van der Waals surface area contributed by atoms with Crippen molar-refractivity contribution < 1.29 is 0 Å². The quantitative estimate of drug-likeness (QED) is 0.337. The number of nitrogens with two attached hydrogens (primary N) is 1. The predicted octanol–water partition coefficient (Wildman–Crippen LogP) is 5.03. The lowest BCUT2D eigenvalue weighted by molar-refractivity contribution is 0.233. The van der Waals surface area contributed by atoms with E-state index >= 15 is 0 Å². The monoisotopic (exact) mass is 516 g/mol. The molecule has 0 amide bonds. The lowest BCUT2D eigenvalue weighted by Crippen LogP contribution is -2.42. The average Bonchev–Trinajstić information content (AvgIpc) is 3.38. The summed E-state index contributed by atoms with van der Waals surface area (Å²) in [6.07, 6.45) is 1.68. The maximum atomic E-state index is 9.35. The van der Waals surface area contributed by atoms with Gasteiger partial charge in [-0.3, -0.25) is 9.47 Å². The van der Waals surface area contributed by atoms with Gasteiger partial charge in [0.15, 0.2) is 11.5 Å². The van der Waals surface area contributed by atoms with Gasteiger partial charge in [-0.25, -0.2) is 15.0 Å². The molecule has 1 saturated heterocycles. The van der Waals surface area contributed by atoms with Gasteiger partial charge in [0.1, 0.15) is 11.3 Å². The normalized spacial score (nSPS) is 13.5.